The summed E-state index contributed by atoms with van der Waals surface area (Å²) in [5.74, 6) is 3.23. The number of epoxide rings is 1. The van der Waals surface area contributed by atoms with Crippen molar-refractivity contribution >= 4 is 8.07 Å². The van der Waals surface area contributed by atoms with E-state index in [-0.39, 0.29) is 11.7 Å². The Morgan fingerprint density at radius 3 is 2.31 bits per heavy atom. The minimum Gasteiger partial charge on any atom is -0.348 e. The van der Waals surface area contributed by atoms with Crippen molar-refractivity contribution in [1.82, 2.24) is 0 Å². The zero-order valence-electron chi connectivity index (χ0n) is 9.19. The van der Waals surface area contributed by atoms with Crippen molar-refractivity contribution in [3.05, 3.63) is 12.2 Å². The van der Waals surface area contributed by atoms with Crippen LogP contribution in [0, 0.1) is 11.5 Å². The molecule has 1 nitrogen and oxygen atoms in total. The van der Waals surface area contributed by atoms with Crippen LogP contribution in [0.25, 0.3) is 0 Å². The number of hydrogen-bond donors (Lipinski definition) is 0. The number of rotatable bonds is 1. The predicted molar refractivity (Wildman–Crippen MR) is 59.2 cm³/mol. The SMILES string of the molecule is C=C(C)C1OC1(C)C#C[Si](C)(C)C. The molecule has 1 rings (SSSR count). The van der Waals surface area contributed by atoms with Crippen molar-refractivity contribution in [3.63, 3.8) is 0 Å². The topological polar surface area (TPSA) is 12.5 Å². The minimum atomic E-state index is -1.26. The highest BCUT2D eigenvalue weighted by atomic mass is 28.3. The van der Waals surface area contributed by atoms with Gasteiger partial charge in [-0.15, -0.1) is 5.54 Å². The van der Waals surface area contributed by atoms with Crippen molar-refractivity contribution in [2.24, 2.45) is 0 Å². The van der Waals surface area contributed by atoms with Gasteiger partial charge in [0.15, 0.2) is 5.60 Å². The molecule has 0 N–H and O–H groups in total. The second-order valence-electron chi connectivity index (χ2n) is 4.95. The molecule has 0 spiro atoms. The summed E-state index contributed by atoms with van der Waals surface area (Å²) in [6.45, 7) is 14.6. The standard InChI is InChI=1S/C11H18OSi/c1-9(2)10-11(3,12-10)7-8-13(4,5)6/h10H,1H2,2-6H3. The summed E-state index contributed by atoms with van der Waals surface area (Å²) in [5, 5.41) is 0. The quantitative estimate of drug-likeness (QED) is 0.270. The average molecular weight is 194 g/mol. The second-order valence-corrected chi connectivity index (χ2v) is 9.70. The van der Waals surface area contributed by atoms with E-state index in [4.69, 9.17) is 4.74 Å². The van der Waals surface area contributed by atoms with E-state index in [1.807, 2.05) is 13.8 Å². The summed E-state index contributed by atoms with van der Waals surface area (Å²) in [6.07, 6.45) is 0.163. The van der Waals surface area contributed by atoms with Crippen molar-refractivity contribution < 1.29 is 4.74 Å². The van der Waals surface area contributed by atoms with Gasteiger partial charge in [-0.3, -0.25) is 0 Å². The van der Waals surface area contributed by atoms with Crippen LogP contribution in [0.3, 0.4) is 0 Å². The van der Waals surface area contributed by atoms with Gasteiger partial charge >= 0.3 is 0 Å². The Bertz CT molecular complexity index is 289. The lowest BCUT2D eigenvalue weighted by atomic mass is 10.1. The molecular weight excluding hydrogens is 176 g/mol. The van der Waals surface area contributed by atoms with Crippen molar-refractivity contribution in [2.45, 2.75) is 45.2 Å². The maximum atomic E-state index is 5.51. The molecule has 0 aromatic heterocycles. The first-order valence-electron chi connectivity index (χ1n) is 4.62. The number of ether oxygens (including phenoxy) is 1. The molecule has 2 heteroatoms. The molecule has 1 heterocycles. The van der Waals surface area contributed by atoms with Crippen LogP contribution in [0.5, 0.6) is 0 Å². The Kier molecular flexibility index (Phi) is 2.44. The summed E-state index contributed by atoms with van der Waals surface area (Å²) < 4.78 is 5.51. The zero-order chi connectivity index (χ0) is 10.3. The highest BCUT2D eigenvalue weighted by Crippen LogP contribution is 2.39. The van der Waals surface area contributed by atoms with Gasteiger partial charge in [-0.2, -0.15) is 0 Å². The van der Waals surface area contributed by atoms with Gasteiger partial charge in [-0.1, -0.05) is 32.1 Å². The van der Waals surface area contributed by atoms with Gasteiger partial charge in [0.05, 0.1) is 0 Å². The lowest BCUT2D eigenvalue weighted by Crippen LogP contribution is -2.18. The molecule has 0 bridgehead atoms. The average Bonchev–Trinajstić information content (AvgIpc) is 2.59. The molecule has 1 saturated heterocycles. The second kappa shape index (κ2) is 3.00. The van der Waals surface area contributed by atoms with E-state index in [9.17, 15) is 0 Å². The zero-order valence-corrected chi connectivity index (χ0v) is 10.2. The summed E-state index contributed by atoms with van der Waals surface area (Å²) in [4.78, 5) is 0. The minimum absolute atomic E-state index is 0.163. The molecule has 2 atom stereocenters. The summed E-state index contributed by atoms with van der Waals surface area (Å²) in [7, 11) is -1.26. The molecule has 2 unspecified atom stereocenters. The van der Waals surface area contributed by atoms with Gasteiger partial charge in [0.1, 0.15) is 14.2 Å². The number of hydrogen-bond acceptors (Lipinski definition) is 1. The molecule has 0 saturated carbocycles. The predicted octanol–water partition coefficient (Wildman–Crippen LogP) is 2.60. The van der Waals surface area contributed by atoms with Crippen LogP contribution in [-0.2, 0) is 4.74 Å². The van der Waals surface area contributed by atoms with E-state index in [0.717, 1.165) is 5.57 Å². The van der Waals surface area contributed by atoms with Gasteiger partial charge in [-0.05, 0) is 19.4 Å². The van der Waals surface area contributed by atoms with Crippen molar-refractivity contribution in [2.75, 3.05) is 0 Å². The van der Waals surface area contributed by atoms with Crippen molar-refractivity contribution in [1.29, 1.82) is 0 Å². The van der Waals surface area contributed by atoms with Gasteiger partial charge in [0, 0.05) is 0 Å². The third-order valence-corrected chi connectivity index (χ3v) is 2.81. The van der Waals surface area contributed by atoms with E-state index in [2.05, 4.69) is 37.7 Å². The third-order valence-electron chi connectivity index (χ3n) is 1.94. The monoisotopic (exact) mass is 194 g/mol. The van der Waals surface area contributed by atoms with Gasteiger partial charge in [0.2, 0.25) is 0 Å². The molecular formula is C11H18OSi. The van der Waals surface area contributed by atoms with E-state index < -0.39 is 8.07 Å². The molecule has 1 fully saturated rings. The summed E-state index contributed by atoms with van der Waals surface area (Å²) >= 11 is 0. The molecule has 1 aliphatic rings. The Balaban J connectivity index is 2.66. The maximum absolute atomic E-state index is 5.51. The van der Waals surface area contributed by atoms with E-state index >= 15 is 0 Å². The highest BCUT2D eigenvalue weighted by molar-refractivity contribution is 6.83. The molecule has 13 heavy (non-hydrogen) atoms. The van der Waals surface area contributed by atoms with E-state index in [0.29, 0.717) is 0 Å². The highest BCUT2D eigenvalue weighted by Gasteiger charge is 2.51. The van der Waals surface area contributed by atoms with Gasteiger partial charge in [0.25, 0.3) is 0 Å². The van der Waals surface area contributed by atoms with Gasteiger partial charge < -0.3 is 4.74 Å². The Morgan fingerprint density at radius 1 is 1.46 bits per heavy atom. The Labute approximate surface area is 82.2 Å². The summed E-state index contributed by atoms with van der Waals surface area (Å²) in [5.41, 5.74) is 4.18. The molecule has 1 aliphatic heterocycles. The fourth-order valence-electron chi connectivity index (χ4n) is 1.19. The third kappa shape index (κ3) is 2.72. The van der Waals surface area contributed by atoms with Crippen LogP contribution in [0.1, 0.15) is 13.8 Å². The molecule has 0 radical (unpaired) electrons. The van der Waals surface area contributed by atoms with E-state index in [1.165, 1.54) is 0 Å². The molecule has 0 aliphatic carbocycles. The molecule has 0 aromatic carbocycles. The Hall–Kier alpha value is -0.523. The van der Waals surface area contributed by atoms with Crippen molar-refractivity contribution in [3.8, 4) is 11.5 Å². The lowest BCUT2D eigenvalue weighted by Gasteiger charge is -2.04. The fourth-order valence-corrected chi connectivity index (χ4v) is 1.81. The van der Waals surface area contributed by atoms with E-state index in [1.54, 1.807) is 0 Å². The first kappa shape index (κ1) is 10.6. The largest absolute Gasteiger partial charge is 0.348 e. The van der Waals surface area contributed by atoms with Crippen LogP contribution >= 0.6 is 0 Å². The smallest absolute Gasteiger partial charge is 0.156 e. The van der Waals surface area contributed by atoms with Gasteiger partial charge in [-0.25, -0.2) is 0 Å². The summed E-state index contributed by atoms with van der Waals surface area (Å²) in [6, 6.07) is 0. The van der Waals surface area contributed by atoms with Crippen LogP contribution in [0.2, 0.25) is 19.6 Å². The fraction of sp³-hybridized carbons (Fsp3) is 0.636. The normalized spacial score (nSPS) is 31.9. The Morgan fingerprint density at radius 2 is 2.00 bits per heavy atom. The van der Waals surface area contributed by atoms with Crippen LogP contribution < -0.4 is 0 Å². The lowest BCUT2D eigenvalue weighted by molar-refractivity contribution is 0.359. The molecule has 0 aromatic rings. The van der Waals surface area contributed by atoms with Crippen LogP contribution in [0.15, 0.2) is 12.2 Å². The first-order chi connectivity index (χ1) is 5.75. The molecule has 72 valence electrons. The maximum Gasteiger partial charge on any atom is 0.156 e. The van der Waals surface area contributed by atoms with Crippen LogP contribution in [-0.4, -0.2) is 19.8 Å². The molecule has 0 amide bonds. The first-order valence-corrected chi connectivity index (χ1v) is 8.12. The van der Waals surface area contributed by atoms with Crippen LogP contribution in [0.4, 0.5) is 0 Å².